The van der Waals surface area contributed by atoms with E-state index in [0.29, 0.717) is 5.56 Å². The fourth-order valence-electron chi connectivity index (χ4n) is 1.85. The number of nitrogens with one attached hydrogen (secondary N) is 1. The van der Waals surface area contributed by atoms with Crippen LogP contribution in [0.25, 0.3) is 0 Å². The third kappa shape index (κ3) is 2.96. The van der Waals surface area contributed by atoms with Gasteiger partial charge < -0.3 is 5.32 Å². The van der Waals surface area contributed by atoms with Gasteiger partial charge in [-0.25, -0.2) is 8.78 Å². The highest BCUT2D eigenvalue weighted by Gasteiger charge is 2.12. The van der Waals surface area contributed by atoms with Crippen LogP contribution in [0.1, 0.15) is 21.5 Å². The summed E-state index contributed by atoms with van der Waals surface area (Å²) in [6, 6.07) is 8.25. The third-order valence-electron chi connectivity index (χ3n) is 2.80. The molecule has 0 bridgehead atoms. The molecule has 0 heterocycles. The first-order valence-electron chi connectivity index (χ1n) is 5.81. The largest absolute Gasteiger partial charge is 0.319 e. The summed E-state index contributed by atoms with van der Waals surface area (Å²) < 4.78 is 26.4. The summed E-state index contributed by atoms with van der Waals surface area (Å²) in [5.41, 5.74) is 2.10. The molecule has 0 aliphatic heterocycles. The molecule has 0 saturated heterocycles. The average molecular weight is 261 g/mol. The normalized spacial score (nSPS) is 10.3. The number of aryl methyl sites for hydroxylation is 2. The van der Waals surface area contributed by atoms with Crippen molar-refractivity contribution >= 4 is 11.6 Å². The first-order valence-corrected chi connectivity index (χ1v) is 5.81. The van der Waals surface area contributed by atoms with Gasteiger partial charge in [-0.05, 0) is 37.6 Å². The van der Waals surface area contributed by atoms with Gasteiger partial charge >= 0.3 is 0 Å². The topological polar surface area (TPSA) is 29.1 Å². The Labute approximate surface area is 110 Å². The number of hydrogen-bond acceptors (Lipinski definition) is 1. The third-order valence-corrected chi connectivity index (χ3v) is 2.80. The molecule has 0 atom stereocenters. The molecule has 0 aromatic heterocycles. The minimum Gasteiger partial charge on any atom is -0.319 e. The van der Waals surface area contributed by atoms with Crippen LogP contribution in [0.5, 0.6) is 0 Å². The minimum absolute atomic E-state index is 0.162. The first kappa shape index (κ1) is 13.2. The second kappa shape index (κ2) is 5.18. The molecule has 0 aliphatic carbocycles. The van der Waals surface area contributed by atoms with Gasteiger partial charge in [0.25, 0.3) is 5.91 Å². The lowest BCUT2D eigenvalue weighted by Gasteiger charge is -2.09. The number of halogens is 2. The van der Waals surface area contributed by atoms with E-state index in [1.165, 1.54) is 0 Å². The van der Waals surface area contributed by atoms with E-state index < -0.39 is 17.5 Å². The van der Waals surface area contributed by atoms with Crippen molar-refractivity contribution in [1.82, 2.24) is 0 Å². The number of benzene rings is 2. The van der Waals surface area contributed by atoms with Gasteiger partial charge in [0.05, 0.1) is 5.69 Å². The Bertz CT molecular complexity index is 638. The van der Waals surface area contributed by atoms with Crippen molar-refractivity contribution in [2.75, 3.05) is 5.32 Å². The van der Waals surface area contributed by atoms with Gasteiger partial charge in [0, 0.05) is 11.6 Å². The van der Waals surface area contributed by atoms with Gasteiger partial charge in [0.1, 0.15) is 11.6 Å². The van der Waals surface area contributed by atoms with E-state index in [0.717, 1.165) is 29.3 Å². The van der Waals surface area contributed by atoms with Crippen LogP contribution in [0, 0.1) is 25.5 Å². The Morgan fingerprint density at radius 2 is 1.79 bits per heavy atom. The van der Waals surface area contributed by atoms with Crippen molar-refractivity contribution in [3.05, 3.63) is 64.7 Å². The van der Waals surface area contributed by atoms with Gasteiger partial charge in [-0.15, -0.1) is 0 Å². The molecule has 2 aromatic carbocycles. The quantitative estimate of drug-likeness (QED) is 0.874. The van der Waals surface area contributed by atoms with Crippen LogP contribution in [-0.4, -0.2) is 5.91 Å². The number of carbonyl (C=O) groups excluding carboxylic acids is 1. The van der Waals surface area contributed by atoms with Crippen LogP contribution >= 0.6 is 0 Å². The lowest BCUT2D eigenvalue weighted by molar-refractivity contribution is 0.102. The monoisotopic (exact) mass is 261 g/mol. The van der Waals surface area contributed by atoms with Gasteiger partial charge in [0.2, 0.25) is 0 Å². The molecule has 2 rings (SSSR count). The standard InChI is InChI=1S/C15H13F2NO/c1-9-3-5-12(10(2)7-9)15(19)18-14-8-11(16)4-6-13(14)17/h3-8H,1-2H3,(H,18,19). The summed E-state index contributed by atoms with van der Waals surface area (Å²) >= 11 is 0. The summed E-state index contributed by atoms with van der Waals surface area (Å²) in [4.78, 5) is 12.0. The summed E-state index contributed by atoms with van der Waals surface area (Å²) in [6.07, 6.45) is 0. The molecule has 0 fully saturated rings. The summed E-state index contributed by atoms with van der Waals surface area (Å²) in [6.45, 7) is 3.71. The van der Waals surface area contributed by atoms with Crippen molar-refractivity contribution in [2.45, 2.75) is 13.8 Å². The number of amides is 1. The Kier molecular flexibility index (Phi) is 3.60. The van der Waals surface area contributed by atoms with Crippen molar-refractivity contribution < 1.29 is 13.6 Å². The molecule has 0 saturated carbocycles. The van der Waals surface area contributed by atoms with Gasteiger partial charge in [0.15, 0.2) is 0 Å². The lowest BCUT2D eigenvalue weighted by atomic mass is 10.1. The highest BCUT2D eigenvalue weighted by molar-refractivity contribution is 6.05. The predicted octanol–water partition coefficient (Wildman–Crippen LogP) is 3.83. The number of hydrogen-bond donors (Lipinski definition) is 1. The molecular weight excluding hydrogens is 248 g/mol. The molecule has 0 aliphatic rings. The zero-order chi connectivity index (χ0) is 14.0. The molecule has 0 radical (unpaired) electrons. The molecule has 98 valence electrons. The molecule has 1 N–H and O–H groups in total. The highest BCUT2D eigenvalue weighted by Crippen LogP contribution is 2.18. The summed E-state index contributed by atoms with van der Waals surface area (Å²) in [7, 11) is 0. The molecular formula is C15H13F2NO. The fraction of sp³-hybridized carbons (Fsp3) is 0.133. The second-order valence-corrected chi connectivity index (χ2v) is 4.40. The molecule has 0 unspecified atom stereocenters. The SMILES string of the molecule is Cc1ccc(C(=O)Nc2cc(F)ccc2F)c(C)c1. The average Bonchev–Trinajstić information content (AvgIpc) is 2.33. The van der Waals surface area contributed by atoms with Crippen LogP contribution < -0.4 is 5.32 Å². The Morgan fingerprint density at radius 1 is 1.05 bits per heavy atom. The Hall–Kier alpha value is -2.23. The van der Waals surface area contributed by atoms with Crippen LogP contribution in [0.2, 0.25) is 0 Å². The smallest absolute Gasteiger partial charge is 0.256 e. The van der Waals surface area contributed by atoms with E-state index in [-0.39, 0.29) is 5.69 Å². The summed E-state index contributed by atoms with van der Waals surface area (Å²) in [5.74, 6) is -1.72. The van der Waals surface area contributed by atoms with Crippen LogP contribution in [0.4, 0.5) is 14.5 Å². The lowest BCUT2D eigenvalue weighted by Crippen LogP contribution is -2.14. The predicted molar refractivity (Wildman–Crippen MR) is 70.2 cm³/mol. The van der Waals surface area contributed by atoms with Crippen LogP contribution in [-0.2, 0) is 0 Å². The van der Waals surface area contributed by atoms with E-state index in [1.807, 2.05) is 13.0 Å². The first-order chi connectivity index (χ1) is 8.97. The van der Waals surface area contributed by atoms with E-state index in [2.05, 4.69) is 5.32 Å². The molecule has 4 heteroatoms. The van der Waals surface area contributed by atoms with E-state index >= 15 is 0 Å². The molecule has 0 spiro atoms. The minimum atomic E-state index is -0.667. The van der Waals surface area contributed by atoms with Crippen LogP contribution in [0.3, 0.4) is 0 Å². The molecule has 2 aromatic rings. The van der Waals surface area contributed by atoms with Crippen LogP contribution in [0.15, 0.2) is 36.4 Å². The van der Waals surface area contributed by atoms with Gasteiger partial charge in [-0.3, -0.25) is 4.79 Å². The van der Waals surface area contributed by atoms with Gasteiger partial charge in [-0.1, -0.05) is 17.7 Å². The zero-order valence-electron chi connectivity index (χ0n) is 10.6. The molecule has 1 amide bonds. The number of carbonyl (C=O) groups is 1. The summed E-state index contributed by atoms with van der Waals surface area (Å²) in [5, 5.41) is 2.37. The second-order valence-electron chi connectivity index (χ2n) is 4.40. The van der Waals surface area contributed by atoms with E-state index in [9.17, 15) is 13.6 Å². The zero-order valence-corrected chi connectivity index (χ0v) is 10.6. The fourth-order valence-corrected chi connectivity index (χ4v) is 1.85. The molecule has 19 heavy (non-hydrogen) atoms. The van der Waals surface area contributed by atoms with Crippen molar-refractivity contribution in [2.24, 2.45) is 0 Å². The molecule has 2 nitrogen and oxygen atoms in total. The highest BCUT2D eigenvalue weighted by atomic mass is 19.1. The van der Waals surface area contributed by atoms with E-state index in [4.69, 9.17) is 0 Å². The van der Waals surface area contributed by atoms with Crippen molar-refractivity contribution in [3.8, 4) is 0 Å². The maximum absolute atomic E-state index is 13.4. The Balaban J connectivity index is 2.28. The maximum atomic E-state index is 13.4. The van der Waals surface area contributed by atoms with Gasteiger partial charge in [-0.2, -0.15) is 0 Å². The Morgan fingerprint density at radius 3 is 2.47 bits per heavy atom. The van der Waals surface area contributed by atoms with E-state index in [1.54, 1.807) is 19.1 Å². The van der Waals surface area contributed by atoms with Crippen molar-refractivity contribution in [1.29, 1.82) is 0 Å². The maximum Gasteiger partial charge on any atom is 0.256 e. The van der Waals surface area contributed by atoms with Crippen molar-refractivity contribution in [3.63, 3.8) is 0 Å². The number of rotatable bonds is 2. The number of anilines is 1.